The Morgan fingerprint density at radius 2 is 2.21 bits per heavy atom. The summed E-state index contributed by atoms with van der Waals surface area (Å²) < 4.78 is 5.01. The number of pyridine rings is 1. The zero-order valence-electron chi connectivity index (χ0n) is 14.0. The van der Waals surface area contributed by atoms with Gasteiger partial charge in [0, 0.05) is 44.0 Å². The summed E-state index contributed by atoms with van der Waals surface area (Å²) in [5.41, 5.74) is 6.93. The number of hydrogen-bond acceptors (Lipinski definition) is 4. The van der Waals surface area contributed by atoms with E-state index in [4.69, 9.17) is 10.5 Å². The van der Waals surface area contributed by atoms with E-state index >= 15 is 0 Å². The first-order valence-corrected chi connectivity index (χ1v) is 8.07. The van der Waals surface area contributed by atoms with Crippen LogP contribution in [0, 0.1) is 0 Å². The lowest BCUT2D eigenvalue weighted by Crippen LogP contribution is -2.48. The molecule has 0 radical (unpaired) electrons. The second-order valence-corrected chi connectivity index (χ2v) is 5.44. The molecule has 1 fully saturated rings. The molecule has 0 saturated carbocycles. The van der Waals surface area contributed by atoms with Gasteiger partial charge in [0.1, 0.15) is 0 Å². The Balaban J connectivity index is 0.00000288. The molecule has 2 rings (SSSR count). The number of nitrogens with two attached hydrogens (primary N) is 1. The summed E-state index contributed by atoms with van der Waals surface area (Å²) in [7, 11) is 0. The van der Waals surface area contributed by atoms with Crippen molar-refractivity contribution in [1.29, 1.82) is 0 Å². The highest BCUT2D eigenvalue weighted by Crippen LogP contribution is 2.11. The number of likely N-dealkylation sites (tertiary alicyclic amines) is 1. The van der Waals surface area contributed by atoms with E-state index in [1.54, 1.807) is 11.1 Å². The average Bonchev–Trinajstić information content (AvgIpc) is 2.57. The van der Waals surface area contributed by atoms with Gasteiger partial charge < -0.3 is 20.7 Å². The highest BCUT2D eigenvalue weighted by Gasteiger charge is 2.23. The first kappa shape index (κ1) is 20.5. The lowest BCUT2D eigenvalue weighted by atomic mass is 10.1. The van der Waals surface area contributed by atoms with E-state index in [1.165, 1.54) is 0 Å². The molecule has 0 aromatic carbocycles. The van der Waals surface area contributed by atoms with Crippen molar-refractivity contribution in [1.82, 2.24) is 15.2 Å². The number of nitrogens with one attached hydrogen (secondary N) is 1. The molecule has 1 aliphatic heterocycles. The van der Waals surface area contributed by atoms with Crippen LogP contribution in [0.5, 0.6) is 0 Å². The van der Waals surface area contributed by atoms with Crippen molar-refractivity contribution in [3.05, 3.63) is 30.1 Å². The Morgan fingerprint density at radius 1 is 1.46 bits per heavy atom. The molecule has 1 aromatic rings. The number of ether oxygens (including phenoxy) is 1. The van der Waals surface area contributed by atoms with E-state index < -0.39 is 0 Å². The normalized spacial score (nSPS) is 15.5. The van der Waals surface area contributed by atoms with Gasteiger partial charge in [0.25, 0.3) is 0 Å². The molecular weight excluding hydrogens is 421 g/mol. The van der Waals surface area contributed by atoms with Crippen LogP contribution < -0.4 is 11.1 Å². The summed E-state index contributed by atoms with van der Waals surface area (Å²) in [6.45, 7) is 4.19. The van der Waals surface area contributed by atoms with Crippen LogP contribution in [-0.4, -0.2) is 54.2 Å². The first-order chi connectivity index (χ1) is 11.2. The maximum absolute atomic E-state index is 11.6. The van der Waals surface area contributed by atoms with Crippen LogP contribution in [0.2, 0.25) is 0 Å². The average molecular weight is 447 g/mol. The standard InChI is InChI=1S/C16H25N5O2.HI/c1-2-23-16(22)21-11-7-14(8-12-21)20-15(17)19-10-6-13-5-3-4-9-18-13;/h3-5,9,14H,2,6-8,10-12H2,1H3,(H3,17,19,20);1H. The number of aliphatic imine (C=N–C) groups is 1. The minimum absolute atomic E-state index is 0. The van der Waals surface area contributed by atoms with Crippen LogP contribution in [0.1, 0.15) is 25.5 Å². The van der Waals surface area contributed by atoms with E-state index in [2.05, 4.69) is 15.3 Å². The number of aromatic nitrogens is 1. The molecule has 0 unspecified atom stereocenters. The SMILES string of the molecule is CCOC(=O)N1CCC(NC(N)=NCCc2ccccn2)CC1.I. The van der Waals surface area contributed by atoms with Crippen molar-refractivity contribution >= 4 is 36.0 Å². The number of amides is 1. The van der Waals surface area contributed by atoms with Crippen molar-refractivity contribution in [2.75, 3.05) is 26.2 Å². The van der Waals surface area contributed by atoms with E-state index in [0.29, 0.717) is 32.2 Å². The molecule has 0 aliphatic carbocycles. The molecule has 24 heavy (non-hydrogen) atoms. The molecule has 1 aromatic heterocycles. The van der Waals surface area contributed by atoms with Crippen LogP contribution >= 0.6 is 24.0 Å². The van der Waals surface area contributed by atoms with E-state index in [0.717, 1.165) is 25.0 Å². The van der Waals surface area contributed by atoms with Crippen molar-refractivity contribution in [2.45, 2.75) is 32.2 Å². The quantitative estimate of drug-likeness (QED) is 0.408. The summed E-state index contributed by atoms with van der Waals surface area (Å²) in [5, 5.41) is 3.23. The van der Waals surface area contributed by atoms with Crippen LogP contribution in [0.3, 0.4) is 0 Å². The fraction of sp³-hybridized carbons (Fsp3) is 0.562. The Labute approximate surface area is 160 Å². The lowest BCUT2D eigenvalue weighted by Gasteiger charge is -2.31. The predicted octanol–water partition coefficient (Wildman–Crippen LogP) is 1.77. The summed E-state index contributed by atoms with van der Waals surface area (Å²) in [4.78, 5) is 22.0. The second kappa shape index (κ2) is 11.1. The van der Waals surface area contributed by atoms with Crippen molar-refractivity contribution in [3.8, 4) is 0 Å². The van der Waals surface area contributed by atoms with Crippen molar-refractivity contribution < 1.29 is 9.53 Å². The molecule has 1 saturated heterocycles. The first-order valence-electron chi connectivity index (χ1n) is 8.07. The maximum Gasteiger partial charge on any atom is 0.409 e. The van der Waals surface area contributed by atoms with Crippen LogP contribution in [0.25, 0.3) is 0 Å². The van der Waals surface area contributed by atoms with Gasteiger partial charge in [-0.15, -0.1) is 24.0 Å². The van der Waals surface area contributed by atoms with Gasteiger partial charge >= 0.3 is 6.09 Å². The number of rotatable bonds is 5. The van der Waals surface area contributed by atoms with Crippen molar-refractivity contribution in [2.24, 2.45) is 10.7 Å². The second-order valence-electron chi connectivity index (χ2n) is 5.44. The van der Waals surface area contributed by atoms with Crippen molar-refractivity contribution in [3.63, 3.8) is 0 Å². The fourth-order valence-electron chi connectivity index (χ4n) is 2.51. The third kappa shape index (κ3) is 6.90. The number of carbonyl (C=O) groups excluding carboxylic acids is 1. The number of carbonyl (C=O) groups is 1. The van der Waals surface area contributed by atoms with Gasteiger partial charge in [-0.1, -0.05) is 6.07 Å². The summed E-state index contributed by atoms with van der Waals surface area (Å²) in [6, 6.07) is 6.08. The van der Waals surface area contributed by atoms with E-state index in [9.17, 15) is 4.79 Å². The molecule has 1 amide bonds. The monoisotopic (exact) mass is 447 g/mol. The fourth-order valence-corrected chi connectivity index (χ4v) is 2.51. The summed E-state index contributed by atoms with van der Waals surface area (Å²) in [5.74, 6) is 0.454. The van der Waals surface area contributed by atoms with Crippen LogP contribution in [0.15, 0.2) is 29.4 Å². The van der Waals surface area contributed by atoms with Gasteiger partial charge in [-0.2, -0.15) is 0 Å². The molecule has 134 valence electrons. The van der Waals surface area contributed by atoms with Gasteiger partial charge in [-0.05, 0) is 31.9 Å². The molecule has 2 heterocycles. The highest BCUT2D eigenvalue weighted by atomic mass is 127. The third-order valence-corrected chi connectivity index (χ3v) is 3.75. The van der Waals surface area contributed by atoms with Gasteiger partial charge in [0.15, 0.2) is 5.96 Å². The van der Waals surface area contributed by atoms with E-state index in [1.807, 2.05) is 25.1 Å². The molecule has 0 atom stereocenters. The lowest BCUT2D eigenvalue weighted by molar-refractivity contribution is 0.0963. The number of guanidine groups is 1. The zero-order chi connectivity index (χ0) is 16.5. The highest BCUT2D eigenvalue weighted by molar-refractivity contribution is 14.0. The molecular formula is C16H26IN5O2. The number of piperidine rings is 1. The maximum atomic E-state index is 11.6. The van der Waals surface area contributed by atoms with Crippen LogP contribution in [-0.2, 0) is 11.2 Å². The Bertz CT molecular complexity index is 518. The molecule has 3 N–H and O–H groups in total. The third-order valence-electron chi connectivity index (χ3n) is 3.75. The minimum atomic E-state index is -0.233. The van der Waals surface area contributed by atoms with Gasteiger partial charge in [-0.25, -0.2) is 4.79 Å². The minimum Gasteiger partial charge on any atom is -0.450 e. The molecule has 0 bridgehead atoms. The van der Waals surface area contributed by atoms with E-state index in [-0.39, 0.29) is 36.1 Å². The van der Waals surface area contributed by atoms with Gasteiger partial charge in [0.05, 0.1) is 6.61 Å². The number of nitrogens with zero attached hydrogens (tertiary/aromatic N) is 3. The topological polar surface area (TPSA) is 92.8 Å². The van der Waals surface area contributed by atoms with Gasteiger partial charge in [0.2, 0.25) is 0 Å². The molecule has 1 aliphatic rings. The Kier molecular flexibility index (Phi) is 9.43. The van der Waals surface area contributed by atoms with Gasteiger partial charge in [-0.3, -0.25) is 9.98 Å². The summed E-state index contributed by atoms with van der Waals surface area (Å²) in [6.07, 6.45) is 4.00. The van der Waals surface area contributed by atoms with Crippen LogP contribution in [0.4, 0.5) is 4.79 Å². The summed E-state index contributed by atoms with van der Waals surface area (Å²) >= 11 is 0. The predicted molar refractivity (Wildman–Crippen MR) is 105 cm³/mol. The number of hydrogen-bond donors (Lipinski definition) is 2. The largest absolute Gasteiger partial charge is 0.450 e. The molecule has 7 nitrogen and oxygen atoms in total. The Hall–Kier alpha value is -1.58. The molecule has 8 heteroatoms. The number of halogens is 1. The molecule has 0 spiro atoms. The smallest absolute Gasteiger partial charge is 0.409 e. The zero-order valence-corrected chi connectivity index (χ0v) is 16.3. The Morgan fingerprint density at radius 3 is 2.83 bits per heavy atom.